The number of nitrogens with zero attached hydrogens (tertiary/aromatic N) is 1. The number of hydrogen-bond donors (Lipinski definition) is 2. The van der Waals surface area contributed by atoms with Crippen LogP contribution in [0.3, 0.4) is 0 Å². The summed E-state index contributed by atoms with van der Waals surface area (Å²) in [7, 11) is -1.82. The summed E-state index contributed by atoms with van der Waals surface area (Å²) in [6, 6.07) is 2.61. The normalized spacial score (nSPS) is 20.7. The monoisotopic (exact) mass is 352 g/mol. The molecule has 1 unspecified atom stereocenters. The van der Waals surface area contributed by atoms with Crippen molar-refractivity contribution in [3.63, 3.8) is 0 Å². The Kier molecular flexibility index (Phi) is 5.51. The zero-order chi connectivity index (χ0) is 15.6. The molecule has 21 heavy (non-hydrogen) atoms. The SMILES string of the molecule is CN1CCCC(NS(=O)(=O)c2cc(Cl)cc(CO)c2Cl)C1. The minimum absolute atomic E-state index is 0.0126. The number of likely N-dealkylation sites (tertiary alicyclic amines) is 1. The fraction of sp³-hybridized carbons (Fsp3) is 0.538. The predicted molar refractivity (Wildman–Crippen MR) is 83.2 cm³/mol. The Labute approximate surface area is 134 Å². The van der Waals surface area contributed by atoms with Crippen LogP contribution in [-0.4, -0.2) is 44.6 Å². The number of sulfonamides is 1. The highest BCUT2D eigenvalue weighted by molar-refractivity contribution is 7.89. The van der Waals surface area contributed by atoms with Gasteiger partial charge in [0.25, 0.3) is 0 Å². The van der Waals surface area contributed by atoms with Gasteiger partial charge in [-0.1, -0.05) is 23.2 Å². The number of piperidine rings is 1. The highest BCUT2D eigenvalue weighted by Gasteiger charge is 2.26. The molecule has 0 saturated carbocycles. The minimum atomic E-state index is -3.77. The van der Waals surface area contributed by atoms with E-state index in [1.165, 1.54) is 12.1 Å². The van der Waals surface area contributed by atoms with Gasteiger partial charge >= 0.3 is 0 Å². The topological polar surface area (TPSA) is 69.6 Å². The van der Waals surface area contributed by atoms with Crippen molar-refractivity contribution in [1.29, 1.82) is 0 Å². The first-order valence-electron chi connectivity index (χ1n) is 6.63. The lowest BCUT2D eigenvalue weighted by molar-refractivity contribution is 0.242. The molecule has 1 atom stereocenters. The number of halogens is 2. The summed E-state index contributed by atoms with van der Waals surface area (Å²) in [5, 5.41) is 9.46. The van der Waals surface area contributed by atoms with Crippen LogP contribution >= 0.6 is 23.2 Å². The lowest BCUT2D eigenvalue weighted by Gasteiger charge is -2.30. The fourth-order valence-corrected chi connectivity index (χ4v) is 4.66. The summed E-state index contributed by atoms with van der Waals surface area (Å²) >= 11 is 12.0. The van der Waals surface area contributed by atoms with Crippen molar-refractivity contribution in [3.8, 4) is 0 Å². The number of nitrogens with one attached hydrogen (secondary N) is 1. The van der Waals surface area contributed by atoms with Crippen LogP contribution in [0.2, 0.25) is 10.0 Å². The highest BCUT2D eigenvalue weighted by Crippen LogP contribution is 2.30. The molecular formula is C13H18Cl2N2O3S. The van der Waals surface area contributed by atoms with Crippen LogP contribution in [0.1, 0.15) is 18.4 Å². The highest BCUT2D eigenvalue weighted by atomic mass is 35.5. The Morgan fingerprint density at radius 3 is 2.76 bits per heavy atom. The lowest BCUT2D eigenvalue weighted by Crippen LogP contribution is -2.46. The second kappa shape index (κ2) is 6.81. The molecule has 0 aliphatic carbocycles. The molecule has 1 aromatic rings. The molecule has 1 saturated heterocycles. The third kappa shape index (κ3) is 4.09. The van der Waals surface area contributed by atoms with Gasteiger partial charge in [-0.25, -0.2) is 13.1 Å². The Morgan fingerprint density at radius 1 is 1.43 bits per heavy atom. The maximum absolute atomic E-state index is 12.5. The minimum Gasteiger partial charge on any atom is -0.392 e. The van der Waals surface area contributed by atoms with Gasteiger partial charge in [-0.2, -0.15) is 0 Å². The van der Waals surface area contributed by atoms with Crippen molar-refractivity contribution in [1.82, 2.24) is 9.62 Å². The fourth-order valence-electron chi connectivity index (χ4n) is 2.47. The maximum atomic E-state index is 12.5. The van der Waals surface area contributed by atoms with Crippen LogP contribution in [-0.2, 0) is 16.6 Å². The molecular weight excluding hydrogens is 335 g/mol. The van der Waals surface area contributed by atoms with Gasteiger partial charge in [0.1, 0.15) is 4.90 Å². The molecule has 8 heteroatoms. The summed E-state index contributed by atoms with van der Waals surface area (Å²) < 4.78 is 27.7. The quantitative estimate of drug-likeness (QED) is 0.867. The van der Waals surface area contributed by atoms with E-state index in [9.17, 15) is 13.5 Å². The molecule has 1 aromatic carbocycles. The Hall–Kier alpha value is -0.370. The van der Waals surface area contributed by atoms with Crippen molar-refractivity contribution < 1.29 is 13.5 Å². The first kappa shape index (κ1) is 17.0. The molecule has 1 aliphatic heterocycles. The molecule has 1 aliphatic rings. The summed E-state index contributed by atoms with van der Waals surface area (Å²) in [5.41, 5.74) is 0.297. The van der Waals surface area contributed by atoms with Gasteiger partial charge in [0.2, 0.25) is 10.0 Å². The van der Waals surface area contributed by atoms with E-state index in [0.717, 1.165) is 19.4 Å². The van der Waals surface area contributed by atoms with Crippen molar-refractivity contribution in [2.45, 2.75) is 30.4 Å². The maximum Gasteiger partial charge on any atom is 0.242 e. The van der Waals surface area contributed by atoms with E-state index < -0.39 is 10.0 Å². The van der Waals surface area contributed by atoms with Gasteiger partial charge in [0, 0.05) is 17.6 Å². The molecule has 118 valence electrons. The number of likely N-dealkylation sites (N-methyl/N-ethyl adjacent to an activating group) is 1. The number of aliphatic hydroxyl groups is 1. The molecule has 5 nitrogen and oxygen atoms in total. The molecule has 0 aromatic heterocycles. The van der Waals surface area contributed by atoms with Crippen molar-refractivity contribution in [2.75, 3.05) is 20.1 Å². The summed E-state index contributed by atoms with van der Waals surface area (Å²) in [4.78, 5) is 1.99. The van der Waals surface area contributed by atoms with Crippen molar-refractivity contribution in [3.05, 3.63) is 27.7 Å². The van der Waals surface area contributed by atoms with E-state index in [-0.39, 0.29) is 27.6 Å². The number of hydrogen-bond acceptors (Lipinski definition) is 4. The lowest BCUT2D eigenvalue weighted by atomic mass is 10.1. The average Bonchev–Trinajstić information content (AvgIpc) is 2.40. The van der Waals surface area contributed by atoms with Crippen LogP contribution in [0, 0.1) is 0 Å². The van der Waals surface area contributed by atoms with Gasteiger partial charge in [0.15, 0.2) is 0 Å². The second-order valence-corrected chi connectivity index (χ2v) is 7.75. The van der Waals surface area contributed by atoms with Gasteiger partial charge in [-0.15, -0.1) is 0 Å². The first-order valence-corrected chi connectivity index (χ1v) is 8.87. The number of benzene rings is 1. The van der Waals surface area contributed by atoms with E-state index in [0.29, 0.717) is 12.1 Å². The van der Waals surface area contributed by atoms with Crippen LogP contribution in [0.4, 0.5) is 0 Å². The van der Waals surface area contributed by atoms with Gasteiger partial charge < -0.3 is 10.0 Å². The van der Waals surface area contributed by atoms with E-state index in [4.69, 9.17) is 23.2 Å². The van der Waals surface area contributed by atoms with E-state index >= 15 is 0 Å². The standard InChI is InChI=1S/C13H18Cl2N2O3S/c1-17-4-2-3-11(7-17)16-21(19,20)12-6-10(14)5-9(8-18)13(12)15/h5-6,11,16,18H,2-4,7-8H2,1H3. The predicted octanol–water partition coefficient (Wildman–Crippen LogP) is 1.86. The summed E-state index contributed by atoms with van der Waals surface area (Å²) in [6.07, 6.45) is 1.73. The van der Waals surface area contributed by atoms with E-state index in [1.54, 1.807) is 0 Å². The van der Waals surface area contributed by atoms with Crippen LogP contribution in [0.15, 0.2) is 17.0 Å². The first-order chi connectivity index (χ1) is 9.83. The smallest absolute Gasteiger partial charge is 0.242 e. The third-order valence-corrected chi connectivity index (χ3v) is 5.81. The molecule has 0 bridgehead atoms. The molecule has 1 fully saturated rings. The third-order valence-electron chi connectivity index (χ3n) is 3.49. The largest absolute Gasteiger partial charge is 0.392 e. The zero-order valence-corrected chi connectivity index (χ0v) is 14.0. The van der Waals surface area contributed by atoms with Gasteiger partial charge in [0.05, 0.1) is 11.6 Å². The molecule has 2 rings (SSSR count). The number of rotatable bonds is 4. The summed E-state index contributed by atoms with van der Waals surface area (Å²) in [6.45, 7) is 1.25. The molecule has 0 spiro atoms. The Balaban J connectivity index is 2.29. The Morgan fingerprint density at radius 2 is 2.14 bits per heavy atom. The zero-order valence-electron chi connectivity index (χ0n) is 11.6. The number of aliphatic hydroxyl groups excluding tert-OH is 1. The van der Waals surface area contributed by atoms with E-state index in [2.05, 4.69) is 9.62 Å². The van der Waals surface area contributed by atoms with Gasteiger partial charge in [-0.05, 0) is 44.1 Å². The molecule has 0 radical (unpaired) electrons. The Bertz CT molecular complexity index is 622. The molecule has 1 heterocycles. The van der Waals surface area contributed by atoms with Crippen LogP contribution < -0.4 is 4.72 Å². The molecule has 2 N–H and O–H groups in total. The summed E-state index contributed by atoms with van der Waals surface area (Å²) in [5.74, 6) is 0. The van der Waals surface area contributed by atoms with Crippen molar-refractivity contribution >= 4 is 33.2 Å². The average molecular weight is 353 g/mol. The van der Waals surface area contributed by atoms with Crippen LogP contribution in [0.5, 0.6) is 0 Å². The van der Waals surface area contributed by atoms with Crippen LogP contribution in [0.25, 0.3) is 0 Å². The van der Waals surface area contributed by atoms with E-state index in [1.807, 2.05) is 7.05 Å². The van der Waals surface area contributed by atoms with Gasteiger partial charge in [-0.3, -0.25) is 0 Å². The molecule has 0 amide bonds. The second-order valence-electron chi connectivity index (χ2n) is 5.26. The van der Waals surface area contributed by atoms with Crippen molar-refractivity contribution in [2.24, 2.45) is 0 Å².